The van der Waals surface area contributed by atoms with E-state index in [-0.39, 0.29) is 6.04 Å². The van der Waals surface area contributed by atoms with Crippen LogP contribution in [0.2, 0.25) is 0 Å². The van der Waals surface area contributed by atoms with Gasteiger partial charge in [-0.25, -0.2) is 4.98 Å². The van der Waals surface area contributed by atoms with E-state index in [1.54, 1.807) is 11.3 Å². The molecule has 1 aliphatic rings. The maximum atomic E-state index is 6.23. The molecule has 1 aromatic heterocycles. The molecule has 2 heterocycles. The lowest BCUT2D eigenvalue weighted by molar-refractivity contribution is 0.0450. The normalized spacial score (nSPS) is 23.3. The number of ether oxygens (including phenoxy) is 1. The molecule has 2 N–H and O–H groups in total. The Balaban J connectivity index is 1.93. The number of thiazole rings is 1. The first-order valence-corrected chi connectivity index (χ1v) is 6.74. The number of aromatic nitrogens is 1. The fraction of sp³-hybridized carbons (Fsp3) is 0.750. The van der Waals surface area contributed by atoms with Crippen molar-refractivity contribution in [1.82, 2.24) is 4.98 Å². The van der Waals surface area contributed by atoms with E-state index in [1.165, 1.54) is 16.3 Å². The number of aryl methyl sites for hydroxylation is 2. The van der Waals surface area contributed by atoms with Crippen molar-refractivity contribution in [1.29, 1.82) is 0 Å². The zero-order valence-corrected chi connectivity index (χ0v) is 10.8. The zero-order chi connectivity index (χ0) is 11.5. The molecule has 2 unspecified atom stereocenters. The Morgan fingerprint density at radius 2 is 2.38 bits per heavy atom. The Kier molecular flexibility index (Phi) is 3.95. The van der Waals surface area contributed by atoms with Gasteiger partial charge in [0.25, 0.3) is 0 Å². The summed E-state index contributed by atoms with van der Waals surface area (Å²) in [4.78, 5) is 5.85. The Labute approximate surface area is 101 Å². The van der Waals surface area contributed by atoms with E-state index in [2.05, 4.69) is 18.8 Å². The second-order valence-corrected chi connectivity index (χ2v) is 5.88. The molecule has 1 aliphatic heterocycles. The fourth-order valence-electron chi connectivity index (χ4n) is 2.10. The van der Waals surface area contributed by atoms with E-state index >= 15 is 0 Å². The summed E-state index contributed by atoms with van der Waals surface area (Å²) < 4.78 is 5.47. The summed E-state index contributed by atoms with van der Waals surface area (Å²) in [6.07, 6.45) is 3.24. The van der Waals surface area contributed by atoms with Crippen LogP contribution in [0.15, 0.2) is 0 Å². The summed E-state index contributed by atoms with van der Waals surface area (Å²) in [7, 11) is 0. The molecule has 16 heavy (non-hydrogen) atoms. The summed E-state index contributed by atoms with van der Waals surface area (Å²) in [6.45, 7) is 5.90. The first kappa shape index (κ1) is 12.0. The highest BCUT2D eigenvalue weighted by Crippen LogP contribution is 2.22. The molecule has 0 aliphatic carbocycles. The lowest BCUT2D eigenvalue weighted by Crippen LogP contribution is -2.37. The SMILES string of the molecule is Cc1nc(CC(N)C2CCCOC2)sc1C. The van der Waals surface area contributed by atoms with Crippen LogP contribution in [0.3, 0.4) is 0 Å². The van der Waals surface area contributed by atoms with Crippen LogP contribution in [0.1, 0.15) is 28.4 Å². The summed E-state index contributed by atoms with van der Waals surface area (Å²) in [6, 6.07) is 0.199. The number of rotatable bonds is 3. The van der Waals surface area contributed by atoms with Crippen LogP contribution in [0.4, 0.5) is 0 Å². The van der Waals surface area contributed by atoms with Gasteiger partial charge >= 0.3 is 0 Å². The fourth-order valence-corrected chi connectivity index (χ4v) is 3.10. The summed E-state index contributed by atoms with van der Waals surface area (Å²) in [5.74, 6) is 0.512. The highest BCUT2D eigenvalue weighted by molar-refractivity contribution is 7.11. The Morgan fingerprint density at radius 3 is 2.94 bits per heavy atom. The van der Waals surface area contributed by atoms with E-state index in [4.69, 9.17) is 10.5 Å². The molecule has 1 fully saturated rings. The van der Waals surface area contributed by atoms with Crippen molar-refractivity contribution >= 4 is 11.3 Å². The molecule has 1 saturated heterocycles. The van der Waals surface area contributed by atoms with E-state index in [0.29, 0.717) is 5.92 Å². The van der Waals surface area contributed by atoms with Gasteiger partial charge in [0.1, 0.15) is 0 Å². The van der Waals surface area contributed by atoms with Gasteiger partial charge in [-0.05, 0) is 32.6 Å². The minimum absolute atomic E-state index is 0.199. The summed E-state index contributed by atoms with van der Waals surface area (Å²) in [5.41, 5.74) is 7.37. The zero-order valence-electron chi connectivity index (χ0n) is 10.0. The molecule has 0 aromatic carbocycles. The van der Waals surface area contributed by atoms with Crippen LogP contribution in [-0.2, 0) is 11.2 Å². The van der Waals surface area contributed by atoms with Crippen molar-refractivity contribution in [2.75, 3.05) is 13.2 Å². The molecule has 1 aromatic rings. The average molecular weight is 240 g/mol. The molecular formula is C12H20N2OS. The maximum absolute atomic E-state index is 6.23. The molecule has 0 bridgehead atoms. The summed E-state index contributed by atoms with van der Waals surface area (Å²) >= 11 is 1.77. The van der Waals surface area contributed by atoms with Gasteiger partial charge in [0.15, 0.2) is 0 Å². The average Bonchev–Trinajstić information content (AvgIpc) is 2.59. The summed E-state index contributed by atoms with van der Waals surface area (Å²) in [5, 5.41) is 1.17. The van der Waals surface area contributed by atoms with Crippen LogP contribution >= 0.6 is 11.3 Å². The molecule has 3 nitrogen and oxygen atoms in total. The van der Waals surface area contributed by atoms with Gasteiger partial charge in [-0.2, -0.15) is 0 Å². The van der Waals surface area contributed by atoms with Crippen molar-refractivity contribution < 1.29 is 4.74 Å². The van der Waals surface area contributed by atoms with Crippen LogP contribution in [0, 0.1) is 19.8 Å². The minimum Gasteiger partial charge on any atom is -0.381 e. The van der Waals surface area contributed by atoms with Gasteiger partial charge in [-0.1, -0.05) is 0 Å². The number of nitrogens with zero attached hydrogens (tertiary/aromatic N) is 1. The smallest absolute Gasteiger partial charge is 0.0946 e. The van der Waals surface area contributed by atoms with Gasteiger partial charge in [-0.3, -0.25) is 0 Å². The van der Waals surface area contributed by atoms with Crippen LogP contribution in [0.5, 0.6) is 0 Å². The van der Waals surface area contributed by atoms with E-state index in [9.17, 15) is 0 Å². The van der Waals surface area contributed by atoms with Crippen molar-refractivity contribution in [3.05, 3.63) is 15.6 Å². The predicted octanol–water partition coefficient (Wildman–Crippen LogP) is 2.06. The second kappa shape index (κ2) is 5.25. The van der Waals surface area contributed by atoms with E-state index < -0.39 is 0 Å². The molecule has 4 heteroatoms. The molecule has 0 amide bonds. The molecule has 0 spiro atoms. The third kappa shape index (κ3) is 2.81. The second-order valence-electron chi connectivity index (χ2n) is 4.59. The highest BCUT2D eigenvalue weighted by Gasteiger charge is 2.22. The molecule has 2 atom stereocenters. The standard InChI is InChI=1S/C12H20N2OS/c1-8-9(2)16-12(14-8)6-11(13)10-4-3-5-15-7-10/h10-11H,3-7,13H2,1-2H3. The van der Waals surface area contributed by atoms with Crippen molar-refractivity contribution in [3.8, 4) is 0 Å². The van der Waals surface area contributed by atoms with Crippen LogP contribution in [-0.4, -0.2) is 24.2 Å². The van der Waals surface area contributed by atoms with Crippen LogP contribution < -0.4 is 5.73 Å². The lowest BCUT2D eigenvalue weighted by Gasteiger charge is -2.26. The first-order chi connectivity index (χ1) is 7.66. The predicted molar refractivity (Wildman–Crippen MR) is 66.8 cm³/mol. The third-order valence-corrected chi connectivity index (χ3v) is 4.38. The largest absolute Gasteiger partial charge is 0.381 e. The molecule has 90 valence electrons. The Hall–Kier alpha value is -0.450. The Morgan fingerprint density at radius 1 is 1.56 bits per heavy atom. The van der Waals surface area contributed by atoms with Crippen LogP contribution in [0.25, 0.3) is 0 Å². The monoisotopic (exact) mass is 240 g/mol. The molecule has 0 radical (unpaired) electrons. The third-order valence-electron chi connectivity index (χ3n) is 3.28. The topological polar surface area (TPSA) is 48.1 Å². The lowest BCUT2D eigenvalue weighted by atomic mass is 9.92. The Bertz CT molecular complexity index is 325. The molecule has 2 rings (SSSR count). The number of nitrogens with two attached hydrogens (primary N) is 1. The van der Waals surface area contributed by atoms with Gasteiger partial charge in [-0.15, -0.1) is 11.3 Å². The van der Waals surface area contributed by atoms with Gasteiger partial charge in [0, 0.05) is 23.9 Å². The first-order valence-electron chi connectivity index (χ1n) is 5.93. The molecule has 0 saturated carbocycles. The molecular weight excluding hydrogens is 220 g/mol. The quantitative estimate of drug-likeness (QED) is 0.879. The minimum atomic E-state index is 0.199. The highest BCUT2D eigenvalue weighted by atomic mass is 32.1. The van der Waals surface area contributed by atoms with E-state index in [0.717, 1.165) is 31.7 Å². The van der Waals surface area contributed by atoms with Gasteiger partial charge < -0.3 is 10.5 Å². The van der Waals surface area contributed by atoms with Crippen molar-refractivity contribution in [3.63, 3.8) is 0 Å². The number of hydrogen-bond acceptors (Lipinski definition) is 4. The van der Waals surface area contributed by atoms with E-state index in [1.807, 2.05) is 0 Å². The van der Waals surface area contributed by atoms with Gasteiger partial charge in [0.05, 0.1) is 17.3 Å². The van der Waals surface area contributed by atoms with Gasteiger partial charge in [0.2, 0.25) is 0 Å². The number of hydrogen-bond donors (Lipinski definition) is 1. The van der Waals surface area contributed by atoms with Crippen molar-refractivity contribution in [2.24, 2.45) is 11.7 Å². The maximum Gasteiger partial charge on any atom is 0.0946 e. The van der Waals surface area contributed by atoms with Crippen molar-refractivity contribution in [2.45, 2.75) is 39.2 Å².